The Morgan fingerprint density at radius 2 is 1.00 bits per heavy atom. The minimum atomic E-state index is -4.70. The minimum Gasteiger partial charge on any atom is -0.480 e. The fourth-order valence-corrected chi connectivity index (χ4v) is 6.13. The zero-order valence-electron chi connectivity index (χ0n) is 31.5. The molecule has 0 saturated carbocycles. The van der Waals surface area contributed by atoms with Crippen LogP contribution in [0.25, 0.3) is 0 Å². The van der Waals surface area contributed by atoms with Gasteiger partial charge in [-0.1, -0.05) is 142 Å². The highest BCUT2D eigenvalue weighted by Crippen LogP contribution is 2.43. The molecule has 0 aromatic heterocycles. The number of phosphoric ester groups is 1. The van der Waals surface area contributed by atoms with Crippen LogP contribution in [0.3, 0.4) is 0 Å². The molecule has 4 N–H and O–H groups in total. The third kappa shape index (κ3) is 33.4. The van der Waals surface area contributed by atoms with Gasteiger partial charge in [0.25, 0.3) is 0 Å². The van der Waals surface area contributed by atoms with Gasteiger partial charge in [-0.15, -0.1) is 0 Å². The monoisotopic (exact) mass is 733 g/mol. The van der Waals surface area contributed by atoms with E-state index in [2.05, 4.69) is 30.5 Å². The van der Waals surface area contributed by atoms with Crippen molar-refractivity contribution >= 4 is 25.7 Å². The molecule has 294 valence electrons. The molecule has 0 aliphatic carbocycles. The first-order chi connectivity index (χ1) is 24.1. The molecule has 0 aliphatic heterocycles. The predicted octanol–water partition coefficient (Wildman–Crippen LogP) is 9.73. The molecule has 3 unspecified atom stereocenters. The molecule has 0 amide bonds. The van der Waals surface area contributed by atoms with Gasteiger partial charge in [0, 0.05) is 12.8 Å². The maximum absolute atomic E-state index is 12.6. The highest BCUT2D eigenvalue weighted by molar-refractivity contribution is 7.47. The normalized spacial score (nSPS) is 14.0. The van der Waals surface area contributed by atoms with E-state index in [4.69, 9.17) is 24.8 Å². The van der Waals surface area contributed by atoms with E-state index >= 15 is 0 Å². The number of carboxylic acids is 1. The van der Waals surface area contributed by atoms with E-state index in [1.807, 2.05) is 0 Å². The van der Waals surface area contributed by atoms with Gasteiger partial charge in [0.05, 0.1) is 13.2 Å². The largest absolute Gasteiger partial charge is 0.480 e. The molecule has 0 heterocycles. The number of carboxylic acid groups (broad SMARTS) is 1. The number of carbonyl (C=O) groups excluding carboxylic acids is 2. The molecule has 12 heteroatoms. The number of ether oxygens (including phenoxy) is 2. The van der Waals surface area contributed by atoms with Crippen LogP contribution in [0.15, 0.2) is 12.2 Å². The van der Waals surface area contributed by atoms with Crippen LogP contribution in [0.5, 0.6) is 0 Å². The van der Waals surface area contributed by atoms with Crippen molar-refractivity contribution in [2.75, 3.05) is 19.8 Å². The predicted molar refractivity (Wildman–Crippen MR) is 199 cm³/mol. The first kappa shape index (κ1) is 48.2. The van der Waals surface area contributed by atoms with E-state index in [0.717, 1.165) is 44.9 Å². The van der Waals surface area contributed by atoms with Gasteiger partial charge in [-0.2, -0.15) is 0 Å². The summed E-state index contributed by atoms with van der Waals surface area (Å²) < 4.78 is 32.5. The lowest BCUT2D eigenvalue weighted by Crippen LogP contribution is -2.34. The second kappa shape index (κ2) is 34.3. The molecule has 0 fully saturated rings. The summed E-state index contributed by atoms with van der Waals surface area (Å²) in [6, 6.07) is -1.52. The molecule has 0 aromatic carbocycles. The standard InChI is InChI=1S/C38H72NO10P/c1-3-5-7-9-11-13-14-15-16-17-18-19-20-21-22-24-26-28-30-37(41)49-34(32-47-50(44,45)48-33-35(39)38(42)43)31-46-36(40)29-27-25-23-12-10-8-6-4-2/h16-17,34-35H,3-15,18-33,39H2,1-2H3,(H,42,43)(H,44,45)/b17-16-. The fourth-order valence-electron chi connectivity index (χ4n) is 5.35. The van der Waals surface area contributed by atoms with Gasteiger partial charge in [0.2, 0.25) is 0 Å². The lowest BCUT2D eigenvalue weighted by Gasteiger charge is -2.20. The summed E-state index contributed by atoms with van der Waals surface area (Å²) in [6.45, 7) is 2.75. The quantitative estimate of drug-likeness (QED) is 0.0240. The molecule has 50 heavy (non-hydrogen) atoms. The van der Waals surface area contributed by atoms with Crippen LogP contribution >= 0.6 is 7.82 Å². The highest BCUT2D eigenvalue weighted by Gasteiger charge is 2.28. The molecule has 0 aliphatic rings. The topological polar surface area (TPSA) is 172 Å². The first-order valence-electron chi connectivity index (χ1n) is 19.7. The van der Waals surface area contributed by atoms with Gasteiger partial charge < -0.3 is 25.2 Å². The number of unbranched alkanes of at least 4 members (excludes halogenated alkanes) is 21. The van der Waals surface area contributed by atoms with Crippen molar-refractivity contribution < 1.29 is 47.5 Å². The second-order valence-electron chi connectivity index (χ2n) is 13.4. The van der Waals surface area contributed by atoms with Crippen LogP contribution in [-0.4, -0.2) is 59.9 Å². The van der Waals surface area contributed by atoms with E-state index < -0.39 is 51.1 Å². The van der Waals surface area contributed by atoms with Crippen LogP contribution in [0.2, 0.25) is 0 Å². The minimum absolute atomic E-state index is 0.160. The van der Waals surface area contributed by atoms with Crippen LogP contribution in [-0.2, 0) is 37.5 Å². The van der Waals surface area contributed by atoms with Crippen LogP contribution in [0, 0.1) is 0 Å². The number of carbonyl (C=O) groups is 3. The summed E-state index contributed by atoms with van der Waals surface area (Å²) in [4.78, 5) is 45.6. The molecule has 11 nitrogen and oxygen atoms in total. The summed E-state index contributed by atoms with van der Waals surface area (Å²) in [6.07, 6.45) is 31.5. The number of aliphatic carboxylic acids is 1. The number of nitrogens with two attached hydrogens (primary N) is 1. The second-order valence-corrected chi connectivity index (χ2v) is 14.9. The molecule has 3 atom stereocenters. The Bertz CT molecular complexity index is 916. The van der Waals surface area contributed by atoms with Gasteiger partial charge in [-0.05, 0) is 38.5 Å². The lowest BCUT2D eigenvalue weighted by molar-refractivity contribution is -0.161. The number of hydrogen-bond donors (Lipinski definition) is 3. The van der Waals surface area contributed by atoms with Gasteiger partial charge in [-0.25, -0.2) is 4.57 Å². The summed E-state index contributed by atoms with van der Waals surface area (Å²) in [5.41, 5.74) is 5.31. The molecule has 0 rings (SSSR count). The summed E-state index contributed by atoms with van der Waals surface area (Å²) in [7, 11) is -4.70. The van der Waals surface area contributed by atoms with Crippen LogP contribution < -0.4 is 5.73 Å². The molecular formula is C38H72NO10P. The Hall–Kier alpha value is -1.78. The van der Waals surface area contributed by atoms with E-state index in [1.54, 1.807) is 0 Å². The van der Waals surface area contributed by atoms with E-state index in [-0.39, 0.29) is 19.4 Å². The first-order valence-corrected chi connectivity index (χ1v) is 21.2. The van der Waals surface area contributed by atoms with Crippen molar-refractivity contribution in [1.82, 2.24) is 0 Å². The van der Waals surface area contributed by atoms with Gasteiger partial charge in [-0.3, -0.25) is 23.4 Å². The smallest absolute Gasteiger partial charge is 0.472 e. The number of rotatable bonds is 37. The van der Waals surface area contributed by atoms with Crippen LogP contribution in [0.1, 0.15) is 181 Å². The fraction of sp³-hybridized carbons (Fsp3) is 0.868. The molecular weight excluding hydrogens is 661 g/mol. The zero-order chi connectivity index (χ0) is 37.1. The van der Waals surface area contributed by atoms with Gasteiger partial charge in [0.15, 0.2) is 6.10 Å². The number of phosphoric acid groups is 1. The maximum atomic E-state index is 12.6. The highest BCUT2D eigenvalue weighted by atomic mass is 31.2. The Morgan fingerprint density at radius 3 is 1.46 bits per heavy atom. The number of esters is 2. The average molecular weight is 734 g/mol. The van der Waals surface area contributed by atoms with E-state index in [1.165, 1.54) is 96.3 Å². The molecule has 0 radical (unpaired) electrons. The molecule has 0 spiro atoms. The Morgan fingerprint density at radius 1 is 0.600 bits per heavy atom. The van der Waals surface area contributed by atoms with E-state index in [9.17, 15) is 23.8 Å². The average Bonchev–Trinajstić information content (AvgIpc) is 3.09. The summed E-state index contributed by atoms with van der Waals surface area (Å²) in [5.74, 6) is -2.38. The Kier molecular flexibility index (Phi) is 33.1. The Balaban J connectivity index is 4.33. The summed E-state index contributed by atoms with van der Waals surface area (Å²) in [5, 5.41) is 8.85. The maximum Gasteiger partial charge on any atom is 0.472 e. The van der Waals surface area contributed by atoms with Gasteiger partial charge in [0.1, 0.15) is 12.6 Å². The SMILES string of the molecule is CCCCCCCCC/C=C\CCCCCCCCCC(=O)OC(COC(=O)CCCCCCCCCC)COP(=O)(O)OCC(N)C(=O)O. The third-order valence-electron chi connectivity index (χ3n) is 8.51. The molecule has 0 saturated heterocycles. The molecule has 0 bridgehead atoms. The van der Waals surface area contributed by atoms with Crippen molar-refractivity contribution in [2.45, 2.75) is 193 Å². The lowest BCUT2D eigenvalue weighted by atomic mass is 10.1. The van der Waals surface area contributed by atoms with Gasteiger partial charge >= 0.3 is 25.7 Å². The number of allylic oxidation sites excluding steroid dienone is 2. The van der Waals surface area contributed by atoms with Crippen molar-refractivity contribution in [1.29, 1.82) is 0 Å². The van der Waals surface area contributed by atoms with Crippen LogP contribution in [0.4, 0.5) is 0 Å². The zero-order valence-corrected chi connectivity index (χ0v) is 32.4. The number of hydrogen-bond acceptors (Lipinski definition) is 9. The third-order valence-corrected chi connectivity index (χ3v) is 9.46. The Labute approximate surface area is 303 Å². The van der Waals surface area contributed by atoms with Crippen molar-refractivity contribution in [3.05, 3.63) is 12.2 Å². The summed E-state index contributed by atoms with van der Waals surface area (Å²) >= 11 is 0. The molecule has 0 aromatic rings. The van der Waals surface area contributed by atoms with Crippen molar-refractivity contribution in [2.24, 2.45) is 5.73 Å². The van der Waals surface area contributed by atoms with Crippen molar-refractivity contribution in [3.63, 3.8) is 0 Å². The van der Waals surface area contributed by atoms with Crippen molar-refractivity contribution in [3.8, 4) is 0 Å². The van der Waals surface area contributed by atoms with E-state index in [0.29, 0.717) is 12.8 Å².